The van der Waals surface area contributed by atoms with Gasteiger partial charge in [0, 0.05) is 12.0 Å². The van der Waals surface area contributed by atoms with Crippen molar-refractivity contribution in [2.24, 2.45) is 0 Å². The van der Waals surface area contributed by atoms with Crippen molar-refractivity contribution in [2.75, 3.05) is 13.2 Å². The van der Waals surface area contributed by atoms with Gasteiger partial charge in [-0.2, -0.15) is 0 Å². The Bertz CT molecular complexity index is 668. The second-order valence-electron chi connectivity index (χ2n) is 6.00. The number of para-hydroxylation sites is 1. The van der Waals surface area contributed by atoms with Crippen LogP contribution in [0.4, 0.5) is 0 Å². The van der Waals surface area contributed by atoms with E-state index < -0.39 is 0 Å². The molecule has 4 heteroatoms. The number of hydrogen-bond acceptors (Lipinski definition) is 2. The Labute approximate surface area is 145 Å². The summed E-state index contributed by atoms with van der Waals surface area (Å²) in [7, 11) is 0. The summed E-state index contributed by atoms with van der Waals surface area (Å²) in [6.07, 6.45) is 3.48. The van der Waals surface area contributed by atoms with Gasteiger partial charge in [-0.15, -0.1) is 0 Å². The van der Waals surface area contributed by atoms with E-state index in [0.717, 1.165) is 17.3 Å². The molecule has 0 heterocycles. The third kappa shape index (κ3) is 3.75. The van der Waals surface area contributed by atoms with Crippen LogP contribution in [0.25, 0.3) is 0 Å². The van der Waals surface area contributed by atoms with E-state index in [1.807, 2.05) is 30.3 Å². The molecule has 1 aliphatic rings. The fourth-order valence-electron chi connectivity index (χ4n) is 2.99. The number of hydrogen-bond donors (Lipinski definition) is 1. The van der Waals surface area contributed by atoms with Crippen LogP contribution in [-0.4, -0.2) is 19.1 Å². The summed E-state index contributed by atoms with van der Waals surface area (Å²) >= 11 is 3.41. The Kier molecular flexibility index (Phi) is 5.01. The van der Waals surface area contributed by atoms with Crippen LogP contribution < -0.4 is 10.1 Å². The first kappa shape index (κ1) is 16.1. The van der Waals surface area contributed by atoms with Gasteiger partial charge in [-0.3, -0.25) is 4.79 Å². The van der Waals surface area contributed by atoms with Gasteiger partial charge in [-0.1, -0.05) is 48.9 Å². The monoisotopic (exact) mass is 373 g/mol. The lowest BCUT2D eigenvalue weighted by Crippen LogP contribution is -2.46. The number of carbonyl (C=O) groups is 1. The van der Waals surface area contributed by atoms with Crippen LogP contribution in [0.2, 0.25) is 0 Å². The van der Waals surface area contributed by atoms with Crippen LogP contribution >= 0.6 is 15.9 Å². The van der Waals surface area contributed by atoms with E-state index in [1.165, 1.54) is 12.0 Å². The first-order valence-corrected chi connectivity index (χ1v) is 8.68. The molecule has 0 saturated heterocycles. The molecule has 0 aliphatic heterocycles. The maximum absolute atomic E-state index is 12.1. The van der Waals surface area contributed by atoms with Gasteiger partial charge in [0.05, 0.1) is 4.47 Å². The second-order valence-corrected chi connectivity index (χ2v) is 6.85. The number of amides is 1. The van der Waals surface area contributed by atoms with E-state index in [4.69, 9.17) is 4.74 Å². The molecule has 0 atom stereocenters. The van der Waals surface area contributed by atoms with Crippen LogP contribution in [0, 0.1) is 0 Å². The van der Waals surface area contributed by atoms with Gasteiger partial charge < -0.3 is 10.1 Å². The van der Waals surface area contributed by atoms with E-state index in [-0.39, 0.29) is 17.9 Å². The molecule has 0 spiro atoms. The fraction of sp³-hybridized carbons (Fsp3) is 0.316. The minimum Gasteiger partial charge on any atom is -0.483 e. The molecule has 1 saturated carbocycles. The molecular weight excluding hydrogens is 354 g/mol. The molecule has 1 aliphatic carbocycles. The Morgan fingerprint density at radius 1 is 1.09 bits per heavy atom. The van der Waals surface area contributed by atoms with Gasteiger partial charge in [0.25, 0.3) is 5.91 Å². The molecule has 0 unspecified atom stereocenters. The highest BCUT2D eigenvalue weighted by Gasteiger charge is 2.38. The molecule has 1 amide bonds. The lowest BCUT2D eigenvalue weighted by Gasteiger charge is -2.42. The molecule has 3 rings (SSSR count). The van der Waals surface area contributed by atoms with Crippen LogP contribution in [0.5, 0.6) is 5.75 Å². The summed E-state index contributed by atoms with van der Waals surface area (Å²) < 4.78 is 6.42. The predicted octanol–water partition coefficient (Wildman–Crippen LogP) is 4.07. The van der Waals surface area contributed by atoms with Crippen molar-refractivity contribution >= 4 is 21.8 Å². The van der Waals surface area contributed by atoms with Crippen molar-refractivity contribution in [3.8, 4) is 5.75 Å². The summed E-state index contributed by atoms with van der Waals surface area (Å²) in [5, 5.41) is 3.03. The molecule has 23 heavy (non-hydrogen) atoms. The zero-order valence-corrected chi connectivity index (χ0v) is 14.5. The van der Waals surface area contributed by atoms with Crippen LogP contribution in [0.1, 0.15) is 24.8 Å². The summed E-state index contributed by atoms with van der Waals surface area (Å²) in [6, 6.07) is 18.0. The minimum atomic E-state index is -0.0806. The SMILES string of the molecule is O=C(COc1ccccc1Br)NCC1(c2ccccc2)CCC1. The standard InChI is InChI=1S/C19H20BrNO2/c20-16-9-4-5-10-17(16)23-13-18(22)21-14-19(11-6-12-19)15-7-2-1-3-8-15/h1-5,7-10H,6,11-14H2,(H,21,22). The van der Waals surface area contributed by atoms with Gasteiger partial charge in [0.15, 0.2) is 6.61 Å². The second kappa shape index (κ2) is 7.18. The number of carbonyl (C=O) groups excluding carboxylic acids is 1. The zero-order chi connectivity index (χ0) is 16.1. The molecule has 1 N–H and O–H groups in total. The van der Waals surface area contributed by atoms with E-state index in [0.29, 0.717) is 12.3 Å². The van der Waals surface area contributed by atoms with Gasteiger partial charge in [-0.05, 0) is 46.5 Å². The van der Waals surface area contributed by atoms with Crippen molar-refractivity contribution < 1.29 is 9.53 Å². The molecule has 2 aromatic rings. The topological polar surface area (TPSA) is 38.3 Å². The fourth-order valence-corrected chi connectivity index (χ4v) is 3.39. The molecule has 0 aromatic heterocycles. The van der Waals surface area contributed by atoms with Crippen LogP contribution in [0.3, 0.4) is 0 Å². The summed E-state index contributed by atoms with van der Waals surface area (Å²) in [5.41, 5.74) is 1.42. The molecule has 2 aromatic carbocycles. The lowest BCUT2D eigenvalue weighted by atomic mass is 9.64. The first-order chi connectivity index (χ1) is 11.2. The van der Waals surface area contributed by atoms with Crippen molar-refractivity contribution in [3.63, 3.8) is 0 Å². The summed E-state index contributed by atoms with van der Waals surface area (Å²) in [6.45, 7) is 0.711. The van der Waals surface area contributed by atoms with Gasteiger partial charge in [0.1, 0.15) is 5.75 Å². The van der Waals surface area contributed by atoms with E-state index in [2.05, 4.69) is 45.5 Å². The number of nitrogens with one attached hydrogen (secondary N) is 1. The van der Waals surface area contributed by atoms with E-state index in [1.54, 1.807) is 0 Å². The average Bonchev–Trinajstić information content (AvgIpc) is 2.54. The van der Waals surface area contributed by atoms with Gasteiger partial charge in [0.2, 0.25) is 0 Å². The molecule has 3 nitrogen and oxygen atoms in total. The van der Waals surface area contributed by atoms with E-state index in [9.17, 15) is 4.79 Å². The third-order valence-corrected chi connectivity index (χ3v) is 5.17. The maximum Gasteiger partial charge on any atom is 0.257 e. The third-order valence-electron chi connectivity index (χ3n) is 4.52. The molecule has 1 fully saturated rings. The number of ether oxygens (including phenoxy) is 1. The number of halogens is 1. The van der Waals surface area contributed by atoms with E-state index >= 15 is 0 Å². The molecule has 120 valence electrons. The summed E-state index contributed by atoms with van der Waals surface area (Å²) in [4.78, 5) is 12.1. The van der Waals surface area contributed by atoms with Crippen molar-refractivity contribution in [1.82, 2.24) is 5.32 Å². The highest BCUT2D eigenvalue weighted by Crippen LogP contribution is 2.43. The smallest absolute Gasteiger partial charge is 0.257 e. The number of rotatable bonds is 6. The van der Waals surface area contributed by atoms with Crippen molar-refractivity contribution in [2.45, 2.75) is 24.7 Å². The highest BCUT2D eigenvalue weighted by molar-refractivity contribution is 9.10. The Balaban J connectivity index is 1.53. The Morgan fingerprint density at radius 2 is 1.78 bits per heavy atom. The zero-order valence-electron chi connectivity index (χ0n) is 12.9. The Morgan fingerprint density at radius 3 is 2.43 bits per heavy atom. The van der Waals surface area contributed by atoms with Crippen LogP contribution in [-0.2, 0) is 10.2 Å². The Hall–Kier alpha value is -1.81. The molecule has 0 radical (unpaired) electrons. The maximum atomic E-state index is 12.1. The number of benzene rings is 2. The van der Waals surface area contributed by atoms with Gasteiger partial charge >= 0.3 is 0 Å². The van der Waals surface area contributed by atoms with Crippen molar-refractivity contribution in [1.29, 1.82) is 0 Å². The first-order valence-electron chi connectivity index (χ1n) is 7.89. The average molecular weight is 374 g/mol. The van der Waals surface area contributed by atoms with Crippen LogP contribution in [0.15, 0.2) is 59.1 Å². The normalized spacial score (nSPS) is 15.5. The predicted molar refractivity (Wildman–Crippen MR) is 94.6 cm³/mol. The highest BCUT2D eigenvalue weighted by atomic mass is 79.9. The quantitative estimate of drug-likeness (QED) is 0.828. The van der Waals surface area contributed by atoms with Crippen molar-refractivity contribution in [3.05, 3.63) is 64.6 Å². The largest absolute Gasteiger partial charge is 0.483 e. The molecular formula is C19H20BrNO2. The summed E-state index contributed by atoms with van der Waals surface area (Å²) in [5.74, 6) is 0.604. The minimum absolute atomic E-state index is 0.0352. The van der Waals surface area contributed by atoms with Gasteiger partial charge in [-0.25, -0.2) is 0 Å². The molecule has 0 bridgehead atoms. The lowest BCUT2D eigenvalue weighted by molar-refractivity contribution is -0.123.